The molecule has 0 aliphatic rings. The van der Waals surface area contributed by atoms with Gasteiger partial charge in [0, 0.05) is 12.8 Å². The van der Waals surface area contributed by atoms with Crippen LogP contribution in [-0.4, -0.2) is 24.8 Å². The van der Waals surface area contributed by atoms with Gasteiger partial charge in [-0.2, -0.15) is 10.1 Å². The molecule has 0 saturated heterocycles. The van der Waals surface area contributed by atoms with Crippen molar-refractivity contribution in [3.05, 3.63) is 56.2 Å². The molecule has 0 atom stereocenters. The summed E-state index contributed by atoms with van der Waals surface area (Å²) >= 11 is 0. The molecule has 3 rings (SSSR count). The Morgan fingerprint density at radius 3 is 2.62 bits per heavy atom. The normalized spacial score (nSPS) is 11.9. The lowest BCUT2D eigenvalue weighted by molar-refractivity contribution is 0.808. The molecule has 0 bridgehead atoms. The maximum atomic E-state index is 12.4. The van der Waals surface area contributed by atoms with Crippen LogP contribution in [0.2, 0.25) is 0 Å². The number of rotatable bonds is 5. The summed E-state index contributed by atoms with van der Waals surface area (Å²) in [5.74, 6) is 0.417. The first-order valence-corrected chi connectivity index (χ1v) is 8.45. The topological polar surface area (TPSA) is 97.1 Å². The van der Waals surface area contributed by atoms with Crippen molar-refractivity contribution in [2.45, 2.75) is 33.7 Å². The van der Waals surface area contributed by atoms with E-state index in [0.29, 0.717) is 23.7 Å². The lowest BCUT2D eigenvalue weighted by Crippen LogP contribution is -2.29. The molecule has 0 aliphatic carbocycles. The molecule has 0 fully saturated rings. The third kappa shape index (κ3) is 3.30. The second-order valence-electron chi connectivity index (χ2n) is 6.31. The maximum Gasteiger partial charge on any atom is 0.329 e. The SMILES string of the molecule is CC/C(C)=N/Nc1nc2c(c(=O)[nH]c(=O)n2C)n1Cc1ccc(C)cc1. The molecule has 2 aromatic heterocycles. The molecule has 0 radical (unpaired) electrons. The zero-order valence-corrected chi connectivity index (χ0v) is 15.3. The summed E-state index contributed by atoms with van der Waals surface area (Å²) in [6.45, 7) is 6.36. The van der Waals surface area contributed by atoms with Crippen LogP contribution in [0.25, 0.3) is 11.2 Å². The van der Waals surface area contributed by atoms with Gasteiger partial charge in [0.2, 0.25) is 5.95 Å². The van der Waals surface area contributed by atoms with E-state index >= 15 is 0 Å². The second-order valence-corrected chi connectivity index (χ2v) is 6.31. The molecule has 2 N–H and O–H groups in total. The fraction of sp³-hybridized carbons (Fsp3) is 0.333. The van der Waals surface area contributed by atoms with Gasteiger partial charge in [-0.25, -0.2) is 10.2 Å². The van der Waals surface area contributed by atoms with Gasteiger partial charge in [0.1, 0.15) is 0 Å². The number of hydrogen-bond donors (Lipinski definition) is 2. The Kier molecular flexibility index (Phi) is 4.75. The largest absolute Gasteiger partial charge is 0.329 e. The van der Waals surface area contributed by atoms with Crippen LogP contribution < -0.4 is 16.7 Å². The lowest BCUT2D eigenvalue weighted by Gasteiger charge is -2.09. The summed E-state index contributed by atoms with van der Waals surface area (Å²) in [6.07, 6.45) is 0.796. The van der Waals surface area contributed by atoms with Gasteiger partial charge in [-0.15, -0.1) is 0 Å². The van der Waals surface area contributed by atoms with Crippen molar-refractivity contribution in [3.8, 4) is 0 Å². The maximum absolute atomic E-state index is 12.4. The number of H-pyrrole nitrogens is 1. The fourth-order valence-electron chi connectivity index (χ4n) is 2.57. The molecule has 0 spiro atoms. The summed E-state index contributed by atoms with van der Waals surface area (Å²) < 4.78 is 3.06. The molecule has 2 heterocycles. The number of aryl methyl sites for hydroxylation is 2. The highest BCUT2D eigenvalue weighted by Gasteiger charge is 2.17. The monoisotopic (exact) mass is 354 g/mol. The Labute approximate surface area is 150 Å². The minimum Gasteiger partial charge on any atom is -0.298 e. The van der Waals surface area contributed by atoms with Gasteiger partial charge in [0.05, 0.1) is 6.54 Å². The van der Waals surface area contributed by atoms with Crippen LogP contribution in [0, 0.1) is 6.92 Å². The van der Waals surface area contributed by atoms with E-state index in [-0.39, 0.29) is 0 Å². The van der Waals surface area contributed by atoms with Gasteiger partial charge >= 0.3 is 5.69 Å². The number of benzene rings is 1. The molecule has 0 saturated carbocycles. The van der Waals surface area contributed by atoms with E-state index < -0.39 is 11.2 Å². The highest BCUT2D eigenvalue weighted by atomic mass is 16.2. The number of aromatic amines is 1. The van der Waals surface area contributed by atoms with Crippen LogP contribution in [0.1, 0.15) is 31.4 Å². The molecule has 3 aromatic rings. The molecular formula is C18H22N6O2. The first-order chi connectivity index (χ1) is 12.4. The molecule has 1 aromatic carbocycles. The van der Waals surface area contributed by atoms with E-state index in [1.165, 1.54) is 4.57 Å². The van der Waals surface area contributed by atoms with E-state index in [4.69, 9.17) is 0 Å². The molecule has 136 valence electrons. The molecule has 26 heavy (non-hydrogen) atoms. The van der Waals surface area contributed by atoms with Gasteiger partial charge in [0.15, 0.2) is 11.2 Å². The van der Waals surface area contributed by atoms with Crippen LogP contribution in [0.15, 0.2) is 39.0 Å². The molecule has 0 amide bonds. The van der Waals surface area contributed by atoms with Crippen molar-refractivity contribution in [3.63, 3.8) is 0 Å². The van der Waals surface area contributed by atoms with Crippen LogP contribution in [0.3, 0.4) is 0 Å². The Hall–Kier alpha value is -3.16. The Morgan fingerprint density at radius 1 is 1.27 bits per heavy atom. The van der Waals surface area contributed by atoms with Crippen LogP contribution >= 0.6 is 0 Å². The molecule has 8 heteroatoms. The van der Waals surface area contributed by atoms with Crippen molar-refractivity contribution >= 4 is 22.8 Å². The first-order valence-electron chi connectivity index (χ1n) is 8.45. The first kappa shape index (κ1) is 17.7. The summed E-state index contributed by atoms with van der Waals surface area (Å²) in [5.41, 5.74) is 5.70. The number of nitrogens with one attached hydrogen (secondary N) is 2. The molecule has 0 aliphatic heterocycles. The highest BCUT2D eigenvalue weighted by Crippen LogP contribution is 2.18. The van der Waals surface area contributed by atoms with Crippen molar-refractivity contribution in [1.29, 1.82) is 0 Å². The van der Waals surface area contributed by atoms with E-state index in [1.54, 1.807) is 11.6 Å². The van der Waals surface area contributed by atoms with E-state index in [2.05, 4.69) is 20.5 Å². The van der Waals surface area contributed by atoms with Crippen molar-refractivity contribution < 1.29 is 0 Å². The highest BCUT2D eigenvalue weighted by molar-refractivity contribution is 5.82. The summed E-state index contributed by atoms with van der Waals surface area (Å²) in [4.78, 5) is 31.1. The Balaban J connectivity index is 2.19. The summed E-state index contributed by atoms with van der Waals surface area (Å²) in [7, 11) is 1.58. The van der Waals surface area contributed by atoms with Crippen LogP contribution in [0.5, 0.6) is 0 Å². The standard InChI is InChI=1S/C18H22N6O2/c1-5-12(3)21-22-17-19-15-14(16(25)20-18(26)23(15)4)24(17)10-13-8-6-11(2)7-9-13/h6-9H,5,10H2,1-4H3,(H,19,22)(H,20,25,26)/b21-12+. The van der Waals surface area contributed by atoms with Crippen LogP contribution in [-0.2, 0) is 13.6 Å². The van der Waals surface area contributed by atoms with E-state index in [9.17, 15) is 9.59 Å². The molecular weight excluding hydrogens is 332 g/mol. The average Bonchev–Trinajstić information content (AvgIpc) is 2.98. The number of fused-ring (bicyclic) bond motifs is 1. The number of hydrogen-bond acceptors (Lipinski definition) is 5. The number of anilines is 1. The summed E-state index contributed by atoms with van der Waals surface area (Å²) in [6, 6.07) is 8.03. The van der Waals surface area contributed by atoms with Crippen LogP contribution in [0.4, 0.5) is 5.95 Å². The zero-order chi connectivity index (χ0) is 18.8. The number of nitrogens with zero attached hydrogens (tertiary/aromatic N) is 4. The van der Waals surface area contributed by atoms with Gasteiger partial charge < -0.3 is 0 Å². The van der Waals surface area contributed by atoms with Gasteiger partial charge in [-0.1, -0.05) is 36.8 Å². The second kappa shape index (κ2) is 6.99. The lowest BCUT2D eigenvalue weighted by atomic mass is 10.1. The van der Waals surface area contributed by atoms with E-state index in [0.717, 1.165) is 23.3 Å². The third-order valence-electron chi connectivity index (χ3n) is 4.33. The number of hydrazone groups is 1. The van der Waals surface area contributed by atoms with Crippen molar-refractivity contribution in [1.82, 2.24) is 19.1 Å². The average molecular weight is 354 g/mol. The van der Waals surface area contributed by atoms with Gasteiger partial charge in [-0.05, 0) is 25.8 Å². The minimum atomic E-state index is -0.498. The Bertz CT molecular complexity index is 1090. The van der Waals surface area contributed by atoms with Gasteiger partial charge in [0.25, 0.3) is 5.56 Å². The van der Waals surface area contributed by atoms with E-state index in [1.807, 2.05) is 45.0 Å². The number of imidazole rings is 1. The smallest absolute Gasteiger partial charge is 0.298 e. The predicted octanol–water partition coefficient (Wildman–Crippen LogP) is 1.98. The quantitative estimate of drug-likeness (QED) is 0.541. The number of aromatic nitrogens is 4. The fourth-order valence-corrected chi connectivity index (χ4v) is 2.57. The Morgan fingerprint density at radius 2 is 1.96 bits per heavy atom. The van der Waals surface area contributed by atoms with Gasteiger partial charge in [-0.3, -0.25) is 18.9 Å². The zero-order valence-electron chi connectivity index (χ0n) is 15.3. The minimum absolute atomic E-state index is 0.317. The van der Waals surface area contributed by atoms with Crippen molar-refractivity contribution in [2.75, 3.05) is 5.43 Å². The molecule has 0 unspecified atom stereocenters. The molecule has 8 nitrogen and oxygen atoms in total. The third-order valence-corrected chi connectivity index (χ3v) is 4.33. The summed E-state index contributed by atoms with van der Waals surface area (Å²) in [5, 5.41) is 4.29. The predicted molar refractivity (Wildman–Crippen MR) is 103 cm³/mol. The van der Waals surface area contributed by atoms with Crippen molar-refractivity contribution in [2.24, 2.45) is 12.1 Å².